The molecular weight excluding hydrogens is 250 g/mol. The summed E-state index contributed by atoms with van der Waals surface area (Å²) in [6.07, 6.45) is 1.71. The lowest BCUT2D eigenvalue weighted by atomic mass is 10.3. The second-order valence-corrected chi connectivity index (χ2v) is 5.15. The van der Waals surface area contributed by atoms with Gasteiger partial charge in [0.1, 0.15) is 5.82 Å². The zero-order valence-corrected chi connectivity index (χ0v) is 11.8. The van der Waals surface area contributed by atoms with Gasteiger partial charge in [0, 0.05) is 45.5 Å². The monoisotopic (exact) mass is 269 g/mol. The molecule has 0 aliphatic carbocycles. The molecule has 0 saturated carbocycles. The molecular formula is C12H20ClN5. The van der Waals surface area contributed by atoms with Crippen LogP contribution in [0, 0.1) is 0 Å². The van der Waals surface area contributed by atoms with Crippen LogP contribution in [-0.2, 0) is 0 Å². The number of piperazine rings is 1. The highest BCUT2D eigenvalue weighted by molar-refractivity contribution is 6.28. The molecule has 1 saturated heterocycles. The summed E-state index contributed by atoms with van der Waals surface area (Å²) in [7, 11) is 4.22. The highest BCUT2D eigenvalue weighted by atomic mass is 35.5. The maximum Gasteiger partial charge on any atom is 0.224 e. The first-order valence-electron chi connectivity index (χ1n) is 6.26. The van der Waals surface area contributed by atoms with Gasteiger partial charge in [-0.1, -0.05) is 0 Å². The van der Waals surface area contributed by atoms with E-state index in [9.17, 15) is 0 Å². The number of aromatic nitrogens is 2. The van der Waals surface area contributed by atoms with E-state index in [1.165, 1.54) is 0 Å². The Labute approximate surface area is 113 Å². The van der Waals surface area contributed by atoms with Crippen LogP contribution in [0.2, 0.25) is 5.28 Å². The van der Waals surface area contributed by atoms with Crippen LogP contribution in [0.1, 0.15) is 0 Å². The third kappa shape index (κ3) is 3.80. The third-order valence-corrected chi connectivity index (χ3v) is 3.35. The van der Waals surface area contributed by atoms with Gasteiger partial charge in [0.25, 0.3) is 0 Å². The predicted octanol–water partition coefficient (Wildman–Crippen LogP) is 0.814. The Hall–Kier alpha value is -0.910. The van der Waals surface area contributed by atoms with Gasteiger partial charge in [0.2, 0.25) is 5.28 Å². The maximum atomic E-state index is 5.81. The third-order valence-electron chi connectivity index (χ3n) is 3.17. The lowest BCUT2D eigenvalue weighted by molar-refractivity contribution is 0.229. The van der Waals surface area contributed by atoms with E-state index in [0.717, 1.165) is 45.1 Å². The number of rotatable bonds is 4. The summed E-state index contributed by atoms with van der Waals surface area (Å²) < 4.78 is 0. The van der Waals surface area contributed by atoms with Gasteiger partial charge < -0.3 is 9.80 Å². The first-order chi connectivity index (χ1) is 8.65. The van der Waals surface area contributed by atoms with Gasteiger partial charge in [0.05, 0.1) is 0 Å². The fraction of sp³-hybridized carbons (Fsp3) is 0.667. The fourth-order valence-electron chi connectivity index (χ4n) is 2.04. The molecule has 1 aromatic rings. The second kappa shape index (κ2) is 6.31. The van der Waals surface area contributed by atoms with Crippen molar-refractivity contribution in [2.75, 3.05) is 58.3 Å². The van der Waals surface area contributed by atoms with Crippen LogP contribution in [0.4, 0.5) is 5.82 Å². The molecule has 1 aromatic heterocycles. The number of likely N-dealkylation sites (N-methyl/N-ethyl adjacent to an activating group) is 1. The van der Waals surface area contributed by atoms with E-state index in [-0.39, 0.29) is 0 Å². The summed E-state index contributed by atoms with van der Waals surface area (Å²) in [5.74, 6) is 0.933. The van der Waals surface area contributed by atoms with Crippen LogP contribution in [0.15, 0.2) is 12.3 Å². The molecule has 2 rings (SSSR count). The average molecular weight is 270 g/mol. The van der Waals surface area contributed by atoms with E-state index in [2.05, 4.69) is 38.8 Å². The molecule has 0 spiro atoms. The van der Waals surface area contributed by atoms with Gasteiger partial charge in [-0.2, -0.15) is 0 Å². The molecule has 0 bridgehead atoms. The first-order valence-corrected chi connectivity index (χ1v) is 6.63. The van der Waals surface area contributed by atoms with Crippen molar-refractivity contribution in [3.63, 3.8) is 0 Å². The molecule has 2 heterocycles. The fourth-order valence-corrected chi connectivity index (χ4v) is 2.19. The molecule has 0 amide bonds. The Morgan fingerprint density at radius 1 is 1.28 bits per heavy atom. The molecule has 18 heavy (non-hydrogen) atoms. The molecule has 100 valence electrons. The Balaban J connectivity index is 1.83. The van der Waals surface area contributed by atoms with Crippen molar-refractivity contribution in [2.24, 2.45) is 0 Å². The number of hydrogen-bond donors (Lipinski definition) is 0. The van der Waals surface area contributed by atoms with Gasteiger partial charge in [-0.3, -0.25) is 4.90 Å². The standard InChI is InChI=1S/C12H20ClN5/c1-16(2)5-6-17-7-9-18(10-8-17)11-3-4-14-12(13)15-11/h3-4H,5-10H2,1-2H3. The normalized spacial score (nSPS) is 17.4. The van der Waals surface area contributed by atoms with Crippen molar-refractivity contribution in [1.29, 1.82) is 0 Å². The molecule has 0 N–H and O–H groups in total. The van der Waals surface area contributed by atoms with Crippen molar-refractivity contribution in [2.45, 2.75) is 0 Å². The van der Waals surface area contributed by atoms with Gasteiger partial charge >= 0.3 is 0 Å². The minimum Gasteiger partial charge on any atom is -0.354 e. The molecule has 5 nitrogen and oxygen atoms in total. The van der Waals surface area contributed by atoms with Crippen molar-refractivity contribution < 1.29 is 0 Å². The molecule has 0 radical (unpaired) electrons. The zero-order chi connectivity index (χ0) is 13.0. The zero-order valence-electron chi connectivity index (χ0n) is 11.0. The largest absolute Gasteiger partial charge is 0.354 e. The maximum absolute atomic E-state index is 5.81. The quantitative estimate of drug-likeness (QED) is 0.756. The molecule has 1 fully saturated rings. The molecule has 0 atom stereocenters. The second-order valence-electron chi connectivity index (χ2n) is 4.82. The number of anilines is 1. The predicted molar refractivity (Wildman–Crippen MR) is 74.2 cm³/mol. The molecule has 0 aromatic carbocycles. The van der Waals surface area contributed by atoms with Gasteiger partial charge in [0.15, 0.2) is 0 Å². The Morgan fingerprint density at radius 2 is 2.00 bits per heavy atom. The average Bonchev–Trinajstić information content (AvgIpc) is 2.37. The summed E-state index contributed by atoms with van der Waals surface area (Å²) in [4.78, 5) is 15.1. The molecule has 0 unspecified atom stereocenters. The smallest absolute Gasteiger partial charge is 0.224 e. The van der Waals surface area contributed by atoms with Crippen LogP contribution < -0.4 is 4.90 Å². The van der Waals surface area contributed by atoms with Crippen LogP contribution in [-0.4, -0.2) is 73.1 Å². The van der Waals surface area contributed by atoms with Crippen molar-refractivity contribution in [3.8, 4) is 0 Å². The van der Waals surface area contributed by atoms with E-state index in [1.807, 2.05) is 6.07 Å². The van der Waals surface area contributed by atoms with E-state index in [1.54, 1.807) is 6.20 Å². The summed E-state index contributed by atoms with van der Waals surface area (Å²) in [6.45, 7) is 6.40. The summed E-state index contributed by atoms with van der Waals surface area (Å²) >= 11 is 5.81. The van der Waals surface area contributed by atoms with Gasteiger partial charge in [-0.25, -0.2) is 9.97 Å². The summed E-state index contributed by atoms with van der Waals surface area (Å²) in [6, 6.07) is 1.92. The molecule has 6 heteroatoms. The van der Waals surface area contributed by atoms with Crippen LogP contribution in [0.3, 0.4) is 0 Å². The first kappa shape index (κ1) is 13.5. The van der Waals surface area contributed by atoms with Crippen molar-refractivity contribution in [1.82, 2.24) is 19.8 Å². The highest BCUT2D eigenvalue weighted by Crippen LogP contribution is 2.14. The van der Waals surface area contributed by atoms with E-state index >= 15 is 0 Å². The number of hydrogen-bond acceptors (Lipinski definition) is 5. The van der Waals surface area contributed by atoms with E-state index in [0.29, 0.717) is 5.28 Å². The molecule has 1 aliphatic rings. The Kier molecular flexibility index (Phi) is 4.74. The van der Waals surface area contributed by atoms with E-state index < -0.39 is 0 Å². The highest BCUT2D eigenvalue weighted by Gasteiger charge is 2.17. The van der Waals surface area contributed by atoms with Crippen molar-refractivity contribution >= 4 is 17.4 Å². The SMILES string of the molecule is CN(C)CCN1CCN(c2ccnc(Cl)n2)CC1. The lowest BCUT2D eigenvalue weighted by Gasteiger charge is -2.35. The van der Waals surface area contributed by atoms with Crippen molar-refractivity contribution in [3.05, 3.63) is 17.5 Å². The van der Waals surface area contributed by atoms with Gasteiger partial charge in [-0.05, 0) is 31.8 Å². The summed E-state index contributed by atoms with van der Waals surface area (Å²) in [5, 5.41) is 0.322. The summed E-state index contributed by atoms with van der Waals surface area (Å²) in [5.41, 5.74) is 0. The molecule has 1 aliphatic heterocycles. The number of halogens is 1. The van der Waals surface area contributed by atoms with Crippen LogP contribution in [0.5, 0.6) is 0 Å². The Morgan fingerprint density at radius 3 is 2.61 bits per heavy atom. The van der Waals surface area contributed by atoms with E-state index in [4.69, 9.17) is 11.6 Å². The van der Waals surface area contributed by atoms with Crippen LogP contribution in [0.25, 0.3) is 0 Å². The van der Waals surface area contributed by atoms with Gasteiger partial charge in [-0.15, -0.1) is 0 Å². The number of nitrogens with zero attached hydrogens (tertiary/aromatic N) is 5. The van der Waals surface area contributed by atoms with Crippen LogP contribution >= 0.6 is 11.6 Å². The topological polar surface area (TPSA) is 35.5 Å². The lowest BCUT2D eigenvalue weighted by Crippen LogP contribution is -2.48. The minimum atomic E-state index is 0.322. The Bertz CT molecular complexity index is 376. The minimum absolute atomic E-state index is 0.322.